The first-order valence-electron chi connectivity index (χ1n) is 7.57. The fourth-order valence-corrected chi connectivity index (χ4v) is 3.85. The van der Waals surface area contributed by atoms with E-state index in [0.29, 0.717) is 23.7 Å². The SMILES string of the molecule is COc1ccc(-c2nc(C(=O)N(C)Cc3ccsc3)cs2)cc1OC. The topological polar surface area (TPSA) is 51.7 Å². The Hall–Kier alpha value is -2.38. The number of amides is 1. The number of carbonyl (C=O) groups is 1. The highest BCUT2D eigenvalue weighted by Gasteiger charge is 2.17. The normalized spacial score (nSPS) is 10.5. The standard InChI is InChI=1S/C18H18N2O3S2/c1-20(9-12-6-7-24-10-12)18(21)14-11-25-17(19-14)13-4-5-15(22-2)16(8-13)23-3/h4-8,10-11H,9H2,1-3H3. The van der Waals surface area contributed by atoms with Gasteiger partial charge in [-0.3, -0.25) is 4.79 Å². The lowest BCUT2D eigenvalue weighted by molar-refractivity contribution is 0.0780. The molecule has 0 N–H and O–H groups in total. The summed E-state index contributed by atoms with van der Waals surface area (Å²) in [6.07, 6.45) is 0. The predicted octanol–water partition coefficient (Wildman–Crippen LogP) is 4.16. The van der Waals surface area contributed by atoms with E-state index in [0.717, 1.165) is 16.1 Å². The molecule has 25 heavy (non-hydrogen) atoms. The van der Waals surface area contributed by atoms with E-state index >= 15 is 0 Å². The van der Waals surface area contributed by atoms with Crippen LogP contribution in [0.4, 0.5) is 0 Å². The van der Waals surface area contributed by atoms with Gasteiger partial charge in [0.15, 0.2) is 11.5 Å². The first kappa shape index (κ1) is 17.4. The van der Waals surface area contributed by atoms with Gasteiger partial charge in [-0.25, -0.2) is 4.98 Å². The molecule has 1 amide bonds. The minimum Gasteiger partial charge on any atom is -0.493 e. The average Bonchev–Trinajstić information content (AvgIpc) is 3.32. The quantitative estimate of drug-likeness (QED) is 0.650. The highest BCUT2D eigenvalue weighted by atomic mass is 32.1. The molecule has 0 spiro atoms. The van der Waals surface area contributed by atoms with E-state index in [4.69, 9.17) is 9.47 Å². The van der Waals surface area contributed by atoms with Crippen LogP contribution in [0.1, 0.15) is 16.1 Å². The second-order valence-corrected chi connectivity index (χ2v) is 7.04. The summed E-state index contributed by atoms with van der Waals surface area (Å²) >= 11 is 3.06. The first-order chi connectivity index (χ1) is 12.1. The maximum absolute atomic E-state index is 12.6. The molecule has 1 aromatic carbocycles. The minimum atomic E-state index is -0.0887. The lowest BCUT2D eigenvalue weighted by Gasteiger charge is -2.14. The van der Waals surface area contributed by atoms with Crippen LogP contribution in [0.25, 0.3) is 10.6 Å². The Morgan fingerprint density at radius 3 is 2.64 bits per heavy atom. The van der Waals surface area contributed by atoms with Crippen molar-refractivity contribution in [2.24, 2.45) is 0 Å². The van der Waals surface area contributed by atoms with Gasteiger partial charge in [-0.05, 0) is 40.6 Å². The van der Waals surface area contributed by atoms with Gasteiger partial charge in [0.1, 0.15) is 10.7 Å². The molecule has 5 nitrogen and oxygen atoms in total. The molecule has 7 heteroatoms. The lowest BCUT2D eigenvalue weighted by atomic mass is 10.2. The van der Waals surface area contributed by atoms with Crippen LogP contribution in [-0.4, -0.2) is 37.1 Å². The molecule has 3 rings (SSSR count). The molecule has 0 unspecified atom stereocenters. The minimum absolute atomic E-state index is 0.0887. The Kier molecular flexibility index (Phi) is 5.35. The van der Waals surface area contributed by atoms with E-state index in [1.807, 2.05) is 35.0 Å². The number of rotatable bonds is 6. The van der Waals surface area contributed by atoms with Gasteiger partial charge in [-0.1, -0.05) is 0 Å². The van der Waals surface area contributed by atoms with Crippen molar-refractivity contribution in [3.63, 3.8) is 0 Å². The summed E-state index contributed by atoms with van der Waals surface area (Å²) in [5, 5.41) is 6.61. The fraction of sp³-hybridized carbons (Fsp3) is 0.222. The van der Waals surface area contributed by atoms with Crippen LogP contribution in [-0.2, 0) is 6.54 Å². The van der Waals surface area contributed by atoms with Crippen molar-refractivity contribution in [2.75, 3.05) is 21.3 Å². The fourth-order valence-electron chi connectivity index (χ4n) is 2.40. The van der Waals surface area contributed by atoms with Crippen LogP contribution in [0.15, 0.2) is 40.4 Å². The molecule has 0 aliphatic rings. The van der Waals surface area contributed by atoms with Gasteiger partial charge < -0.3 is 14.4 Å². The Bertz CT molecular complexity index is 859. The van der Waals surface area contributed by atoms with Crippen molar-refractivity contribution >= 4 is 28.6 Å². The van der Waals surface area contributed by atoms with Gasteiger partial charge in [0.2, 0.25) is 0 Å². The van der Waals surface area contributed by atoms with Crippen LogP contribution in [0.2, 0.25) is 0 Å². The van der Waals surface area contributed by atoms with Crippen LogP contribution >= 0.6 is 22.7 Å². The van der Waals surface area contributed by atoms with Crippen LogP contribution in [0, 0.1) is 0 Å². The van der Waals surface area contributed by atoms with Gasteiger partial charge in [0, 0.05) is 24.5 Å². The van der Waals surface area contributed by atoms with Crippen molar-refractivity contribution < 1.29 is 14.3 Å². The Morgan fingerprint density at radius 2 is 1.96 bits per heavy atom. The molecule has 0 radical (unpaired) electrons. The van der Waals surface area contributed by atoms with Crippen molar-refractivity contribution in [1.29, 1.82) is 0 Å². The number of thiophene rings is 1. The predicted molar refractivity (Wildman–Crippen MR) is 101 cm³/mol. The molecule has 0 fully saturated rings. The van der Waals surface area contributed by atoms with Gasteiger partial charge in [-0.2, -0.15) is 11.3 Å². The average molecular weight is 374 g/mol. The summed E-state index contributed by atoms with van der Waals surface area (Å²) < 4.78 is 10.6. The molecule has 2 heterocycles. The summed E-state index contributed by atoms with van der Waals surface area (Å²) in [6, 6.07) is 7.62. The van der Waals surface area contributed by atoms with Crippen LogP contribution in [0.3, 0.4) is 0 Å². The number of ether oxygens (including phenoxy) is 2. The van der Waals surface area contributed by atoms with Crippen molar-refractivity contribution in [3.05, 3.63) is 51.7 Å². The molecule has 3 aromatic rings. The van der Waals surface area contributed by atoms with Gasteiger partial charge in [-0.15, -0.1) is 11.3 Å². The van der Waals surface area contributed by atoms with Gasteiger partial charge in [0.25, 0.3) is 5.91 Å². The maximum atomic E-state index is 12.6. The molecule has 0 aliphatic carbocycles. The van der Waals surface area contributed by atoms with E-state index in [1.54, 1.807) is 42.9 Å². The van der Waals surface area contributed by atoms with Crippen LogP contribution < -0.4 is 9.47 Å². The monoisotopic (exact) mass is 374 g/mol. The third-order valence-corrected chi connectivity index (χ3v) is 5.32. The Morgan fingerprint density at radius 1 is 1.16 bits per heavy atom. The number of nitrogens with zero attached hydrogens (tertiary/aromatic N) is 2. The molecule has 0 atom stereocenters. The summed E-state index contributed by atoms with van der Waals surface area (Å²) in [4.78, 5) is 18.7. The molecular formula is C18H18N2O3S2. The summed E-state index contributed by atoms with van der Waals surface area (Å²) in [5.41, 5.74) is 2.46. The molecule has 2 aromatic heterocycles. The Labute approximate surface area is 154 Å². The van der Waals surface area contributed by atoms with Crippen molar-refractivity contribution in [2.45, 2.75) is 6.54 Å². The molecule has 0 bridgehead atoms. The maximum Gasteiger partial charge on any atom is 0.273 e. The number of hydrogen-bond acceptors (Lipinski definition) is 6. The van der Waals surface area contributed by atoms with Crippen LogP contribution in [0.5, 0.6) is 11.5 Å². The summed E-state index contributed by atoms with van der Waals surface area (Å²) in [5.74, 6) is 1.21. The highest BCUT2D eigenvalue weighted by Crippen LogP contribution is 2.33. The number of aromatic nitrogens is 1. The third-order valence-electron chi connectivity index (χ3n) is 3.70. The number of thiazole rings is 1. The van der Waals surface area contributed by atoms with Crippen molar-refractivity contribution in [3.8, 4) is 22.1 Å². The van der Waals surface area contributed by atoms with Gasteiger partial charge in [0.05, 0.1) is 14.2 Å². The van der Waals surface area contributed by atoms with E-state index in [1.165, 1.54) is 11.3 Å². The second kappa shape index (κ2) is 7.67. The first-order valence-corrected chi connectivity index (χ1v) is 9.39. The van der Waals surface area contributed by atoms with E-state index in [9.17, 15) is 4.79 Å². The van der Waals surface area contributed by atoms with E-state index in [2.05, 4.69) is 4.98 Å². The molecular weight excluding hydrogens is 356 g/mol. The van der Waals surface area contributed by atoms with E-state index in [-0.39, 0.29) is 5.91 Å². The number of hydrogen-bond donors (Lipinski definition) is 0. The zero-order chi connectivity index (χ0) is 17.8. The van der Waals surface area contributed by atoms with Gasteiger partial charge >= 0.3 is 0 Å². The zero-order valence-corrected chi connectivity index (χ0v) is 15.8. The zero-order valence-electron chi connectivity index (χ0n) is 14.2. The molecule has 0 aliphatic heterocycles. The number of carbonyl (C=O) groups excluding carboxylic acids is 1. The largest absolute Gasteiger partial charge is 0.493 e. The molecule has 0 saturated carbocycles. The lowest BCUT2D eigenvalue weighted by Crippen LogP contribution is -2.26. The van der Waals surface area contributed by atoms with E-state index < -0.39 is 0 Å². The number of benzene rings is 1. The second-order valence-electron chi connectivity index (χ2n) is 5.40. The smallest absolute Gasteiger partial charge is 0.273 e. The molecule has 0 saturated heterocycles. The number of methoxy groups -OCH3 is 2. The third kappa shape index (κ3) is 3.83. The summed E-state index contributed by atoms with van der Waals surface area (Å²) in [7, 11) is 4.98. The molecule has 130 valence electrons. The summed E-state index contributed by atoms with van der Waals surface area (Å²) in [6.45, 7) is 0.575. The highest BCUT2D eigenvalue weighted by molar-refractivity contribution is 7.13. The Balaban J connectivity index is 1.79. The van der Waals surface area contributed by atoms with Crippen molar-refractivity contribution in [1.82, 2.24) is 9.88 Å².